The first-order valence-electron chi connectivity index (χ1n) is 6.59. The molecule has 1 aromatic heterocycles. The second-order valence-corrected chi connectivity index (χ2v) is 4.81. The second kappa shape index (κ2) is 5.70. The number of nitrogens with one attached hydrogen (secondary N) is 1. The van der Waals surface area contributed by atoms with Crippen molar-refractivity contribution in [2.24, 2.45) is 7.05 Å². The van der Waals surface area contributed by atoms with Gasteiger partial charge in [0.05, 0.1) is 11.9 Å². The fourth-order valence-corrected chi connectivity index (χ4v) is 1.97. The molecule has 0 spiro atoms. The highest BCUT2D eigenvalue weighted by Gasteiger charge is 2.28. The number of nitriles is 1. The highest BCUT2D eigenvalue weighted by atomic mass is 16.1. The molecule has 19 heavy (non-hydrogen) atoms. The maximum Gasteiger partial charge on any atom is 0.262 e. The summed E-state index contributed by atoms with van der Waals surface area (Å²) >= 11 is 0. The number of carbonyl (C=O) groups is 1. The number of aromatic nitrogens is 2. The summed E-state index contributed by atoms with van der Waals surface area (Å²) in [6.45, 7) is 2.56. The van der Waals surface area contributed by atoms with E-state index in [0.717, 1.165) is 30.5 Å². The number of hydrogen-bond acceptors (Lipinski definition) is 3. The molecule has 1 fully saturated rings. The minimum Gasteiger partial charge on any atom is -0.351 e. The van der Waals surface area contributed by atoms with Crippen molar-refractivity contribution in [3.8, 4) is 6.07 Å². The lowest BCUT2D eigenvalue weighted by Gasteiger charge is -2.03. The summed E-state index contributed by atoms with van der Waals surface area (Å²) in [6, 6.07) is 1.97. The number of rotatable bonds is 5. The van der Waals surface area contributed by atoms with E-state index < -0.39 is 0 Å². The zero-order chi connectivity index (χ0) is 13.8. The van der Waals surface area contributed by atoms with Crippen LogP contribution in [0.3, 0.4) is 0 Å². The van der Waals surface area contributed by atoms with Gasteiger partial charge < -0.3 is 5.32 Å². The standard InChI is InChI=1S/C14H18N4O/c1-3-6-16-14(19)11(8-15)7-13-12(10-4-5-10)9-17-18(13)2/h7,9-10H,3-6H2,1-2H3,(H,16,19)/b11-7+. The average molecular weight is 258 g/mol. The molecular weight excluding hydrogens is 240 g/mol. The summed E-state index contributed by atoms with van der Waals surface area (Å²) < 4.78 is 1.72. The summed E-state index contributed by atoms with van der Waals surface area (Å²) in [5, 5.41) is 16.1. The molecule has 1 saturated carbocycles. The van der Waals surface area contributed by atoms with Crippen molar-refractivity contribution in [1.82, 2.24) is 15.1 Å². The summed E-state index contributed by atoms with van der Waals surface area (Å²) in [5.41, 5.74) is 2.14. The van der Waals surface area contributed by atoms with Crippen molar-refractivity contribution in [3.05, 3.63) is 23.0 Å². The van der Waals surface area contributed by atoms with E-state index in [-0.39, 0.29) is 11.5 Å². The Morgan fingerprint density at radius 1 is 1.68 bits per heavy atom. The third-order valence-electron chi connectivity index (χ3n) is 3.21. The first kappa shape index (κ1) is 13.3. The predicted octanol–water partition coefficient (Wildman–Crippen LogP) is 1.73. The Labute approximate surface area is 112 Å². The first-order valence-corrected chi connectivity index (χ1v) is 6.59. The smallest absolute Gasteiger partial charge is 0.262 e. The Hall–Kier alpha value is -2.09. The normalized spacial score (nSPS) is 15.1. The van der Waals surface area contributed by atoms with E-state index in [2.05, 4.69) is 10.4 Å². The van der Waals surface area contributed by atoms with Crippen molar-refractivity contribution < 1.29 is 4.79 Å². The molecule has 1 heterocycles. The molecule has 0 bridgehead atoms. The van der Waals surface area contributed by atoms with Gasteiger partial charge in [0, 0.05) is 19.2 Å². The van der Waals surface area contributed by atoms with Crippen LogP contribution in [-0.4, -0.2) is 22.2 Å². The summed E-state index contributed by atoms with van der Waals surface area (Å²) in [5.74, 6) is 0.228. The minimum atomic E-state index is -0.313. The Morgan fingerprint density at radius 3 is 3.00 bits per heavy atom. The zero-order valence-electron chi connectivity index (χ0n) is 11.3. The topological polar surface area (TPSA) is 70.7 Å². The molecule has 100 valence electrons. The van der Waals surface area contributed by atoms with Crippen LogP contribution in [0.2, 0.25) is 0 Å². The molecular formula is C14H18N4O. The zero-order valence-corrected chi connectivity index (χ0v) is 11.3. The van der Waals surface area contributed by atoms with Gasteiger partial charge in [0.1, 0.15) is 11.6 Å². The first-order chi connectivity index (χ1) is 9.17. The predicted molar refractivity (Wildman–Crippen MR) is 72.1 cm³/mol. The molecule has 5 nitrogen and oxygen atoms in total. The van der Waals surface area contributed by atoms with Gasteiger partial charge in [-0.15, -0.1) is 0 Å². The van der Waals surface area contributed by atoms with Gasteiger partial charge in [-0.3, -0.25) is 9.48 Å². The number of carbonyl (C=O) groups excluding carboxylic acids is 1. The van der Waals surface area contributed by atoms with Crippen LogP contribution in [0, 0.1) is 11.3 Å². The van der Waals surface area contributed by atoms with Gasteiger partial charge in [-0.05, 0) is 31.3 Å². The fraction of sp³-hybridized carbons (Fsp3) is 0.500. The lowest BCUT2D eigenvalue weighted by atomic mass is 10.1. The number of amides is 1. The van der Waals surface area contributed by atoms with Crippen LogP contribution in [0.5, 0.6) is 0 Å². The van der Waals surface area contributed by atoms with Crippen molar-refractivity contribution in [1.29, 1.82) is 5.26 Å². The van der Waals surface area contributed by atoms with Gasteiger partial charge in [0.2, 0.25) is 0 Å². The van der Waals surface area contributed by atoms with Gasteiger partial charge >= 0.3 is 0 Å². The van der Waals surface area contributed by atoms with E-state index in [1.54, 1.807) is 10.8 Å². The van der Waals surface area contributed by atoms with Gasteiger partial charge in [0.25, 0.3) is 5.91 Å². The molecule has 0 radical (unpaired) electrons. The summed E-state index contributed by atoms with van der Waals surface area (Å²) in [6.07, 6.45) is 6.66. The lowest BCUT2D eigenvalue weighted by Crippen LogP contribution is -2.25. The van der Waals surface area contributed by atoms with Crippen molar-refractivity contribution >= 4 is 12.0 Å². The number of nitrogens with zero attached hydrogens (tertiary/aromatic N) is 3. The van der Waals surface area contributed by atoms with Crippen LogP contribution in [0.4, 0.5) is 0 Å². The molecule has 0 saturated heterocycles. The van der Waals surface area contributed by atoms with Crippen LogP contribution in [0.25, 0.3) is 6.08 Å². The van der Waals surface area contributed by atoms with Gasteiger partial charge in [-0.1, -0.05) is 6.92 Å². The second-order valence-electron chi connectivity index (χ2n) is 4.81. The summed E-state index contributed by atoms with van der Waals surface area (Å²) in [4.78, 5) is 11.8. The highest BCUT2D eigenvalue weighted by Crippen LogP contribution is 2.41. The third-order valence-corrected chi connectivity index (χ3v) is 3.21. The molecule has 1 amide bonds. The lowest BCUT2D eigenvalue weighted by molar-refractivity contribution is -0.117. The molecule has 5 heteroatoms. The van der Waals surface area contributed by atoms with Crippen LogP contribution < -0.4 is 5.32 Å². The molecule has 1 aromatic rings. The van der Waals surface area contributed by atoms with E-state index in [0.29, 0.717) is 12.5 Å². The maximum absolute atomic E-state index is 11.8. The Balaban J connectivity index is 2.25. The minimum absolute atomic E-state index is 0.138. The Morgan fingerprint density at radius 2 is 2.42 bits per heavy atom. The van der Waals surface area contributed by atoms with Crippen molar-refractivity contribution in [3.63, 3.8) is 0 Å². The van der Waals surface area contributed by atoms with E-state index in [1.807, 2.05) is 26.2 Å². The highest BCUT2D eigenvalue weighted by molar-refractivity contribution is 6.01. The van der Waals surface area contributed by atoms with Crippen LogP contribution in [0.1, 0.15) is 43.4 Å². The van der Waals surface area contributed by atoms with Gasteiger partial charge in [0.15, 0.2) is 0 Å². The van der Waals surface area contributed by atoms with Crippen molar-refractivity contribution in [2.75, 3.05) is 6.54 Å². The largest absolute Gasteiger partial charge is 0.351 e. The molecule has 0 aliphatic heterocycles. The number of aryl methyl sites for hydroxylation is 1. The Kier molecular flexibility index (Phi) is 4.00. The monoisotopic (exact) mass is 258 g/mol. The molecule has 1 N–H and O–H groups in total. The third kappa shape index (κ3) is 3.02. The summed E-state index contributed by atoms with van der Waals surface area (Å²) in [7, 11) is 1.83. The van der Waals surface area contributed by atoms with E-state index in [9.17, 15) is 4.79 Å². The molecule has 2 rings (SSSR count). The quantitative estimate of drug-likeness (QED) is 0.646. The fourth-order valence-electron chi connectivity index (χ4n) is 1.97. The maximum atomic E-state index is 11.8. The van der Waals surface area contributed by atoms with Crippen molar-refractivity contribution in [2.45, 2.75) is 32.1 Å². The molecule has 1 aliphatic rings. The molecule has 1 aliphatic carbocycles. The van der Waals surface area contributed by atoms with Crippen LogP contribution in [0.15, 0.2) is 11.8 Å². The van der Waals surface area contributed by atoms with Gasteiger partial charge in [-0.2, -0.15) is 10.4 Å². The Bertz CT molecular complexity index is 546. The molecule has 0 aromatic carbocycles. The molecule has 0 atom stereocenters. The van der Waals surface area contributed by atoms with E-state index in [4.69, 9.17) is 5.26 Å². The average Bonchev–Trinajstić information content (AvgIpc) is 3.18. The van der Waals surface area contributed by atoms with Crippen LogP contribution in [-0.2, 0) is 11.8 Å². The SMILES string of the molecule is CCCNC(=O)/C(C#N)=C/c1c(C2CC2)cnn1C. The number of hydrogen-bond donors (Lipinski definition) is 1. The van der Waals surface area contributed by atoms with E-state index >= 15 is 0 Å². The molecule has 0 unspecified atom stereocenters. The van der Waals surface area contributed by atoms with E-state index in [1.165, 1.54) is 0 Å². The van der Waals surface area contributed by atoms with Gasteiger partial charge in [-0.25, -0.2) is 0 Å². The van der Waals surface area contributed by atoms with Crippen LogP contribution >= 0.6 is 0 Å².